The number of carbonyl (C=O) groups is 1. The van der Waals surface area contributed by atoms with Crippen LogP contribution in [-0.2, 0) is 4.79 Å². The SMILES string of the molecule is CC1CCCC(n2cnc(-c3cc(Cl)ccc3Br)cc2=O)c2cc(ccn2)-c2cc(F)ccc2NC1=O. The second kappa shape index (κ2) is 10.6. The first kappa shape index (κ1) is 25.3. The van der Waals surface area contributed by atoms with Gasteiger partial charge in [-0.15, -0.1) is 0 Å². The van der Waals surface area contributed by atoms with Crippen molar-refractivity contribution in [3.05, 3.63) is 98.5 Å². The molecule has 1 aliphatic rings. The third kappa shape index (κ3) is 5.36. The molecule has 1 aliphatic heterocycles. The Morgan fingerprint density at radius 2 is 1.86 bits per heavy atom. The molecule has 2 atom stereocenters. The molecule has 0 spiro atoms. The van der Waals surface area contributed by atoms with Crippen molar-refractivity contribution in [2.45, 2.75) is 32.2 Å². The molecule has 37 heavy (non-hydrogen) atoms. The maximum atomic E-state index is 14.2. The van der Waals surface area contributed by atoms with Crippen LogP contribution in [0.5, 0.6) is 0 Å². The molecule has 5 rings (SSSR count). The molecule has 0 radical (unpaired) electrons. The van der Waals surface area contributed by atoms with Crippen LogP contribution in [0.4, 0.5) is 10.1 Å². The highest BCUT2D eigenvalue weighted by molar-refractivity contribution is 9.10. The molecule has 0 saturated carbocycles. The number of aromatic nitrogens is 3. The summed E-state index contributed by atoms with van der Waals surface area (Å²) in [6, 6.07) is 14.3. The van der Waals surface area contributed by atoms with Crippen LogP contribution in [-0.4, -0.2) is 20.4 Å². The van der Waals surface area contributed by atoms with Crippen LogP contribution in [0.2, 0.25) is 5.02 Å². The van der Waals surface area contributed by atoms with E-state index in [1.807, 2.05) is 19.1 Å². The zero-order valence-corrected chi connectivity index (χ0v) is 22.3. The van der Waals surface area contributed by atoms with Crippen molar-refractivity contribution in [1.82, 2.24) is 14.5 Å². The van der Waals surface area contributed by atoms with E-state index in [0.29, 0.717) is 58.1 Å². The van der Waals surface area contributed by atoms with Crippen LogP contribution in [0.1, 0.15) is 37.9 Å². The largest absolute Gasteiger partial charge is 0.325 e. The van der Waals surface area contributed by atoms with Gasteiger partial charge in [0.15, 0.2) is 0 Å². The molecule has 2 bridgehead atoms. The normalized spacial score (nSPS) is 17.8. The average Bonchev–Trinajstić information content (AvgIpc) is 2.89. The lowest BCUT2D eigenvalue weighted by molar-refractivity contribution is -0.119. The van der Waals surface area contributed by atoms with Crippen molar-refractivity contribution in [2.24, 2.45) is 5.92 Å². The van der Waals surface area contributed by atoms with Gasteiger partial charge in [-0.3, -0.25) is 19.1 Å². The first-order valence-electron chi connectivity index (χ1n) is 11.9. The number of nitrogens with one attached hydrogen (secondary N) is 1. The lowest BCUT2D eigenvalue weighted by Gasteiger charge is -2.23. The van der Waals surface area contributed by atoms with Crippen molar-refractivity contribution in [1.29, 1.82) is 0 Å². The Bertz CT molecular complexity index is 1560. The Balaban J connectivity index is 1.61. The minimum atomic E-state index is -0.413. The number of fused-ring (bicyclic) bond motifs is 4. The zero-order valence-electron chi connectivity index (χ0n) is 19.9. The Morgan fingerprint density at radius 3 is 2.68 bits per heavy atom. The quantitative estimate of drug-likeness (QED) is 0.280. The van der Waals surface area contributed by atoms with Gasteiger partial charge in [0.25, 0.3) is 5.56 Å². The molecule has 188 valence electrons. The third-order valence-corrected chi connectivity index (χ3v) is 7.54. The Hall–Kier alpha value is -3.36. The highest BCUT2D eigenvalue weighted by Crippen LogP contribution is 2.34. The molecule has 1 amide bonds. The molecule has 0 aliphatic carbocycles. The number of carbonyl (C=O) groups excluding carboxylic acids is 1. The molecule has 0 fully saturated rings. The van der Waals surface area contributed by atoms with E-state index in [0.717, 1.165) is 4.47 Å². The summed E-state index contributed by atoms with van der Waals surface area (Å²) in [6.45, 7) is 1.86. The van der Waals surface area contributed by atoms with Gasteiger partial charge >= 0.3 is 0 Å². The molecular formula is C28H23BrClFN4O2. The van der Waals surface area contributed by atoms with Gasteiger partial charge in [-0.1, -0.05) is 40.9 Å². The standard InChI is InChI=1S/C28H23BrClFN4O2/c1-16-3-2-4-26(35-15-33-24(14-27(35)36)21-12-18(30)5-7-22(21)29)25-11-17(9-10-32-25)20-13-19(31)6-8-23(20)34-28(16)37/h5-16,26H,2-4H2,1H3,(H,34,37). The van der Waals surface area contributed by atoms with Gasteiger partial charge in [-0.2, -0.15) is 0 Å². The number of nitrogens with zero attached hydrogens (tertiary/aromatic N) is 3. The first-order chi connectivity index (χ1) is 17.8. The summed E-state index contributed by atoms with van der Waals surface area (Å²) in [6.07, 6.45) is 5.05. The fraction of sp³-hybridized carbons (Fsp3) is 0.214. The van der Waals surface area contributed by atoms with E-state index in [9.17, 15) is 14.0 Å². The van der Waals surface area contributed by atoms with E-state index >= 15 is 0 Å². The van der Waals surface area contributed by atoms with Crippen molar-refractivity contribution < 1.29 is 9.18 Å². The maximum Gasteiger partial charge on any atom is 0.254 e. The summed E-state index contributed by atoms with van der Waals surface area (Å²) >= 11 is 9.66. The number of hydrogen-bond donors (Lipinski definition) is 1. The topological polar surface area (TPSA) is 76.9 Å². The molecule has 2 aromatic heterocycles. The third-order valence-electron chi connectivity index (χ3n) is 6.61. The predicted molar refractivity (Wildman–Crippen MR) is 146 cm³/mol. The van der Waals surface area contributed by atoms with Crippen molar-refractivity contribution in [3.8, 4) is 22.4 Å². The molecule has 2 aromatic carbocycles. The fourth-order valence-corrected chi connectivity index (χ4v) is 5.20. The van der Waals surface area contributed by atoms with Crippen LogP contribution in [0.25, 0.3) is 22.4 Å². The van der Waals surface area contributed by atoms with E-state index in [1.165, 1.54) is 24.5 Å². The van der Waals surface area contributed by atoms with Crippen molar-refractivity contribution >= 4 is 39.1 Å². The van der Waals surface area contributed by atoms with Crippen molar-refractivity contribution in [2.75, 3.05) is 5.32 Å². The fourth-order valence-electron chi connectivity index (χ4n) is 4.58. The zero-order chi connectivity index (χ0) is 26.1. The Morgan fingerprint density at radius 1 is 1.03 bits per heavy atom. The number of halogens is 3. The Kier molecular flexibility index (Phi) is 7.22. The van der Waals surface area contributed by atoms with E-state index in [4.69, 9.17) is 11.6 Å². The summed E-state index contributed by atoms with van der Waals surface area (Å²) in [5.74, 6) is -0.803. The molecule has 9 heteroatoms. The molecule has 1 N–H and O–H groups in total. The van der Waals surface area contributed by atoms with E-state index in [1.54, 1.807) is 35.0 Å². The molecule has 6 nitrogen and oxygen atoms in total. The van der Waals surface area contributed by atoms with Gasteiger partial charge in [0.1, 0.15) is 5.82 Å². The van der Waals surface area contributed by atoms with E-state index in [2.05, 4.69) is 31.2 Å². The first-order valence-corrected chi connectivity index (χ1v) is 13.1. The smallest absolute Gasteiger partial charge is 0.254 e. The van der Waals surface area contributed by atoms with Gasteiger partial charge < -0.3 is 5.32 Å². The van der Waals surface area contributed by atoms with Gasteiger partial charge in [0.2, 0.25) is 5.91 Å². The monoisotopic (exact) mass is 580 g/mol. The van der Waals surface area contributed by atoms with Gasteiger partial charge in [0.05, 0.1) is 23.8 Å². The number of amides is 1. The molecule has 4 aromatic rings. The Labute approximate surface area is 226 Å². The van der Waals surface area contributed by atoms with Crippen LogP contribution < -0.4 is 10.9 Å². The number of benzene rings is 2. The van der Waals surface area contributed by atoms with Crippen LogP contribution in [0.15, 0.2) is 76.4 Å². The number of anilines is 1. The summed E-state index contributed by atoms with van der Waals surface area (Å²) < 4.78 is 16.6. The highest BCUT2D eigenvalue weighted by atomic mass is 79.9. The van der Waals surface area contributed by atoms with Gasteiger partial charge in [0, 0.05) is 44.5 Å². The van der Waals surface area contributed by atoms with E-state index in [-0.39, 0.29) is 17.4 Å². The second-order valence-electron chi connectivity index (χ2n) is 9.14. The molecular weight excluding hydrogens is 559 g/mol. The van der Waals surface area contributed by atoms with Crippen LogP contribution in [0.3, 0.4) is 0 Å². The summed E-state index contributed by atoms with van der Waals surface area (Å²) in [4.78, 5) is 35.3. The number of rotatable bonds is 2. The summed E-state index contributed by atoms with van der Waals surface area (Å²) in [5.41, 5.74) is 3.41. The summed E-state index contributed by atoms with van der Waals surface area (Å²) in [7, 11) is 0. The summed E-state index contributed by atoms with van der Waals surface area (Å²) in [5, 5.41) is 3.48. The average molecular weight is 582 g/mol. The van der Waals surface area contributed by atoms with Gasteiger partial charge in [-0.05, 0) is 66.9 Å². The van der Waals surface area contributed by atoms with Gasteiger partial charge in [-0.25, -0.2) is 9.37 Å². The molecule has 0 saturated heterocycles. The highest BCUT2D eigenvalue weighted by Gasteiger charge is 2.23. The minimum absolute atomic E-state index is 0.130. The molecule has 2 unspecified atom stereocenters. The second-order valence-corrected chi connectivity index (χ2v) is 10.4. The minimum Gasteiger partial charge on any atom is -0.325 e. The van der Waals surface area contributed by atoms with Crippen molar-refractivity contribution in [3.63, 3.8) is 0 Å². The van der Waals surface area contributed by atoms with Crippen LogP contribution in [0, 0.1) is 11.7 Å². The predicted octanol–water partition coefficient (Wildman–Crippen LogP) is 6.88. The van der Waals surface area contributed by atoms with E-state index < -0.39 is 11.9 Å². The van der Waals surface area contributed by atoms with Crippen LogP contribution >= 0.6 is 27.5 Å². The number of pyridine rings is 1. The lowest BCUT2D eigenvalue weighted by atomic mass is 9.95. The lowest BCUT2D eigenvalue weighted by Crippen LogP contribution is -2.27. The maximum absolute atomic E-state index is 14.2. The number of hydrogen-bond acceptors (Lipinski definition) is 4. The molecule has 3 heterocycles.